The molecule has 2 heterocycles. The van der Waals surface area contributed by atoms with Crippen LogP contribution in [-0.4, -0.2) is 17.5 Å². The maximum atomic E-state index is 5.00. The molecule has 0 radical (unpaired) electrons. The van der Waals surface area contributed by atoms with Crippen LogP contribution < -0.4 is 0 Å². The fourth-order valence-electron chi connectivity index (χ4n) is 0.817. The molecule has 0 fully saturated rings. The van der Waals surface area contributed by atoms with Gasteiger partial charge in [0.25, 0.3) is 0 Å². The van der Waals surface area contributed by atoms with E-state index in [0.29, 0.717) is 6.02 Å². The van der Waals surface area contributed by atoms with Crippen molar-refractivity contribution in [1.29, 1.82) is 0 Å². The number of ether oxygens (including phenoxy) is 1. The molecule has 0 atom stereocenters. The molecule has 0 aliphatic carbocycles. The van der Waals surface area contributed by atoms with Crippen molar-refractivity contribution in [3.05, 3.63) is 24.7 Å². The predicted molar refractivity (Wildman–Crippen MR) is 33.5 cm³/mol. The molecule has 0 amide bonds. The number of hydrogen-bond donors (Lipinski definition) is 0. The Balaban J connectivity index is 2.29. The van der Waals surface area contributed by atoms with Crippen molar-refractivity contribution >= 4 is 6.02 Å². The van der Waals surface area contributed by atoms with Crippen molar-refractivity contribution in [2.24, 2.45) is 4.99 Å². The Morgan fingerprint density at radius 3 is 3.56 bits per heavy atom. The van der Waals surface area contributed by atoms with E-state index in [1.165, 1.54) is 0 Å². The van der Waals surface area contributed by atoms with Crippen LogP contribution in [0.5, 0.6) is 0 Å². The summed E-state index contributed by atoms with van der Waals surface area (Å²) in [5, 5.41) is 0. The lowest BCUT2D eigenvalue weighted by Crippen LogP contribution is -2.24. The normalized spacial score (nSPS) is 21.3. The fourth-order valence-corrected chi connectivity index (χ4v) is 0.817. The summed E-state index contributed by atoms with van der Waals surface area (Å²) in [4.78, 5) is 5.90. The zero-order valence-electron chi connectivity index (χ0n) is 4.82. The highest BCUT2D eigenvalue weighted by Gasteiger charge is 2.14. The van der Waals surface area contributed by atoms with Crippen LogP contribution in [0, 0.1) is 0 Å². The monoisotopic (exact) mass is 122 g/mol. The van der Waals surface area contributed by atoms with Crippen LogP contribution in [0.25, 0.3) is 0 Å². The third-order valence-corrected chi connectivity index (χ3v) is 1.25. The largest absolute Gasteiger partial charge is 0.432 e. The van der Waals surface area contributed by atoms with Crippen LogP contribution in [0.1, 0.15) is 0 Å². The number of rotatable bonds is 0. The lowest BCUT2D eigenvalue weighted by molar-refractivity contribution is 0.430. The summed E-state index contributed by atoms with van der Waals surface area (Å²) >= 11 is 0. The van der Waals surface area contributed by atoms with Crippen molar-refractivity contribution in [3.8, 4) is 0 Å². The van der Waals surface area contributed by atoms with Crippen LogP contribution in [0.15, 0.2) is 29.7 Å². The van der Waals surface area contributed by atoms with Gasteiger partial charge in [0.1, 0.15) is 6.26 Å². The Kier molecular flexibility index (Phi) is 0.828. The predicted octanol–water partition coefficient (Wildman–Crippen LogP) is 0.673. The first kappa shape index (κ1) is 4.61. The van der Waals surface area contributed by atoms with E-state index in [2.05, 4.69) is 4.99 Å². The van der Waals surface area contributed by atoms with Gasteiger partial charge in [0, 0.05) is 18.9 Å². The molecule has 46 valence electrons. The molecule has 3 nitrogen and oxygen atoms in total. The first-order chi connectivity index (χ1) is 4.47. The standard InChI is InChI=1S/C6H6N2O/c1-2-7-6-8(3-1)4-5-9-6/h1-2,4-5H,3H2. The molecule has 3 heteroatoms. The average Bonchev–Trinajstić information content (AvgIpc) is 2.33. The lowest BCUT2D eigenvalue weighted by Gasteiger charge is -2.13. The molecule has 0 spiro atoms. The van der Waals surface area contributed by atoms with Crippen molar-refractivity contribution in [2.45, 2.75) is 0 Å². The zero-order chi connectivity index (χ0) is 6.10. The van der Waals surface area contributed by atoms with Gasteiger partial charge in [0.2, 0.25) is 0 Å². The van der Waals surface area contributed by atoms with Crippen LogP contribution in [-0.2, 0) is 4.74 Å². The van der Waals surface area contributed by atoms with E-state index >= 15 is 0 Å². The minimum absolute atomic E-state index is 0.678. The van der Waals surface area contributed by atoms with E-state index in [4.69, 9.17) is 4.74 Å². The molecule has 2 aliphatic rings. The summed E-state index contributed by atoms with van der Waals surface area (Å²) in [6, 6.07) is 0.678. The smallest absolute Gasteiger partial charge is 0.301 e. The molecule has 0 saturated heterocycles. The van der Waals surface area contributed by atoms with E-state index in [0.717, 1.165) is 6.54 Å². The highest BCUT2D eigenvalue weighted by Crippen LogP contribution is 2.08. The number of amidine groups is 1. The zero-order valence-corrected chi connectivity index (χ0v) is 4.82. The fraction of sp³-hybridized carbons (Fsp3) is 0.167. The molecule has 0 saturated carbocycles. The summed E-state index contributed by atoms with van der Waals surface area (Å²) in [5.41, 5.74) is 0. The minimum Gasteiger partial charge on any atom is -0.432 e. The van der Waals surface area contributed by atoms with Crippen LogP contribution in [0.3, 0.4) is 0 Å². The van der Waals surface area contributed by atoms with Gasteiger partial charge in [-0.2, -0.15) is 0 Å². The third kappa shape index (κ3) is 0.614. The molecule has 0 aromatic carbocycles. The van der Waals surface area contributed by atoms with Gasteiger partial charge in [0.15, 0.2) is 0 Å². The lowest BCUT2D eigenvalue weighted by atomic mass is 10.5. The molecule has 0 aromatic heterocycles. The molecule has 0 bridgehead atoms. The van der Waals surface area contributed by atoms with Gasteiger partial charge in [-0.15, -0.1) is 0 Å². The van der Waals surface area contributed by atoms with E-state index in [9.17, 15) is 0 Å². The first-order valence-electron chi connectivity index (χ1n) is 2.79. The number of fused-ring (bicyclic) bond motifs is 1. The van der Waals surface area contributed by atoms with Gasteiger partial charge in [0.05, 0.1) is 0 Å². The Bertz CT molecular complexity index is 205. The SMILES string of the molecule is C1=CN=C2OC=CN2C1. The molecular weight excluding hydrogens is 116 g/mol. The minimum atomic E-state index is 0.678. The van der Waals surface area contributed by atoms with Crippen molar-refractivity contribution in [3.63, 3.8) is 0 Å². The van der Waals surface area contributed by atoms with E-state index in [-0.39, 0.29) is 0 Å². The van der Waals surface area contributed by atoms with Gasteiger partial charge >= 0.3 is 6.02 Å². The molecule has 2 aliphatic heterocycles. The van der Waals surface area contributed by atoms with E-state index in [1.807, 2.05) is 17.2 Å². The second-order valence-electron chi connectivity index (χ2n) is 1.85. The van der Waals surface area contributed by atoms with Crippen LogP contribution in [0.4, 0.5) is 0 Å². The average molecular weight is 122 g/mol. The van der Waals surface area contributed by atoms with Gasteiger partial charge in [-0.3, -0.25) is 4.90 Å². The molecule has 0 aromatic rings. The third-order valence-electron chi connectivity index (χ3n) is 1.25. The number of nitrogens with zero attached hydrogens (tertiary/aromatic N) is 2. The summed E-state index contributed by atoms with van der Waals surface area (Å²) in [5.74, 6) is 0. The first-order valence-corrected chi connectivity index (χ1v) is 2.79. The van der Waals surface area contributed by atoms with Crippen molar-refractivity contribution < 1.29 is 4.74 Å². The summed E-state index contributed by atoms with van der Waals surface area (Å²) in [6.07, 6.45) is 7.22. The number of aliphatic imine (C=N–C) groups is 1. The Hall–Kier alpha value is -1.25. The summed E-state index contributed by atoms with van der Waals surface area (Å²) in [7, 11) is 0. The quantitative estimate of drug-likeness (QED) is 0.471. The Morgan fingerprint density at radius 1 is 1.67 bits per heavy atom. The topological polar surface area (TPSA) is 24.8 Å². The van der Waals surface area contributed by atoms with Gasteiger partial charge < -0.3 is 4.74 Å². The Morgan fingerprint density at radius 2 is 2.67 bits per heavy atom. The van der Waals surface area contributed by atoms with Gasteiger partial charge in [-0.1, -0.05) is 0 Å². The van der Waals surface area contributed by atoms with E-state index < -0.39 is 0 Å². The number of hydrogen-bond acceptors (Lipinski definition) is 3. The van der Waals surface area contributed by atoms with Crippen LogP contribution >= 0.6 is 0 Å². The second-order valence-corrected chi connectivity index (χ2v) is 1.85. The molecular formula is C6H6N2O. The maximum Gasteiger partial charge on any atom is 0.301 e. The van der Waals surface area contributed by atoms with Gasteiger partial charge in [-0.05, 0) is 6.08 Å². The summed E-state index contributed by atoms with van der Waals surface area (Å²) < 4.78 is 5.00. The van der Waals surface area contributed by atoms with E-state index in [1.54, 1.807) is 12.5 Å². The Labute approximate surface area is 52.9 Å². The molecule has 2 rings (SSSR count). The molecule has 0 unspecified atom stereocenters. The van der Waals surface area contributed by atoms with Crippen molar-refractivity contribution in [1.82, 2.24) is 4.90 Å². The molecule has 0 N–H and O–H groups in total. The second kappa shape index (κ2) is 1.62. The maximum absolute atomic E-state index is 5.00. The van der Waals surface area contributed by atoms with Gasteiger partial charge in [-0.25, -0.2) is 4.99 Å². The molecule has 9 heavy (non-hydrogen) atoms. The van der Waals surface area contributed by atoms with Crippen molar-refractivity contribution in [2.75, 3.05) is 6.54 Å². The summed E-state index contributed by atoms with van der Waals surface area (Å²) in [6.45, 7) is 0.870. The van der Waals surface area contributed by atoms with Crippen LogP contribution in [0.2, 0.25) is 0 Å². The highest BCUT2D eigenvalue weighted by molar-refractivity contribution is 5.78. The highest BCUT2D eigenvalue weighted by atomic mass is 16.5.